The Bertz CT molecular complexity index is 452. The van der Waals surface area contributed by atoms with Crippen LogP contribution in [0.15, 0.2) is 6.07 Å². The Hall–Kier alpha value is -1.13. The standard InChI is InChI=1S/C17H31N3O/c1-8-20(9-10-21-7)16-15(12-18-17(4,5)6)13(2)11-14(3)19-16/h11,18H,8-10,12H2,1-7H3. The number of aryl methyl sites for hydroxylation is 2. The van der Waals surface area contributed by atoms with Crippen molar-refractivity contribution in [3.63, 3.8) is 0 Å². The predicted molar refractivity (Wildman–Crippen MR) is 90.1 cm³/mol. The fourth-order valence-corrected chi connectivity index (χ4v) is 2.29. The van der Waals surface area contributed by atoms with Gasteiger partial charge in [0.2, 0.25) is 0 Å². The van der Waals surface area contributed by atoms with E-state index in [4.69, 9.17) is 9.72 Å². The molecule has 0 aliphatic carbocycles. The molecule has 120 valence electrons. The summed E-state index contributed by atoms with van der Waals surface area (Å²) in [7, 11) is 1.74. The van der Waals surface area contributed by atoms with E-state index in [9.17, 15) is 0 Å². The van der Waals surface area contributed by atoms with Gasteiger partial charge in [-0.1, -0.05) is 0 Å². The molecule has 0 unspecified atom stereocenters. The molecule has 0 aromatic carbocycles. The fraction of sp³-hybridized carbons (Fsp3) is 0.706. The smallest absolute Gasteiger partial charge is 0.133 e. The van der Waals surface area contributed by atoms with E-state index in [1.807, 2.05) is 0 Å². The number of methoxy groups -OCH3 is 1. The summed E-state index contributed by atoms with van der Waals surface area (Å²) in [5, 5.41) is 3.58. The number of hydrogen-bond donors (Lipinski definition) is 1. The first-order valence-electron chi connectivity index (χ1n) is 7.74. The molecule has 4 heteroatoms. The van der Waals surface area contributed by atoms with Crippen LogP contribution in [-0.4, -0.2) is 37.3 Å². The van der Waals surface area contributed by atoms with Crippen LogP contribution in [0.5, 0.6) is 0 Å². The molecule has 0 saturated carbocycles. The number of rotatable bonds is 7. The Morgan fingerprint density at radius 3 is 2.48 bits per heavy atom. The molecular formula is C17H31N3O. The van der Waals surface area contributed by atoms with Crippen LogP contribution in [0.25, 0.3) is 0 Å². The van der Waals surface area contributed by atoms with Crippen molar-refractivity contribution in [1.29, 1.82) is 0 Å². The molecule has 0 spiro atoms. The SMILES string of the molecule is CCN(CCOC)c1nc(C)cc(C)c1CNC(C)(C)C. The van der Waals surface area contributed by atoms with Crippen molar-refractivity contribution in [2.24, 2.45) is 0 Å². The Kier molecular flexibility index (Phi) is 6.62. The van der Waals surface area contributed by atoms with E-state index in [-0.39, 0.29) is 5.54 Å². The monoisotopic (exact) mass is 293 g/mol. The largest absolute Gasteiger partial charge is 0.383 e. The van der Waals surface area contributed by atoms with Gasteiger partial charge in [-0.3, -0.25) is 0 Å². The van der Waals surface area contributed by atoms with Gasteiger partial charge in [0.05, 0.1) is 6.61 Å². The number of hydrogen-bond acceptors (Lipinski definition) is 4. The first kappa shape index (κ1) is 17.9. The summed E-state index contributed by atoms with van der Waals surface area (Å²) in [5.74, 6) is 1.09. The number of nitrogens with zero attached hydrogens (tertiary/aromatic N) is 2. The molecule has 0 atom stereocenters. The van der Waals surface area contributed by atoms with Crippen molar-refractivity contribution in [2.75, 3.05) is 31.7 Å². The van der Waals surface area contributed by atoms with E-state index in [0.717, 1.165) is 31.1 Å². The first-order valence-corrected chi connectivity index (χ1v) is 7.74. The number of anilines is 1. The van der Waals surface area contributed by atoms with Gasteiger partial charge in [-0.05, 0) is 53.2 Å². The Balaban J connectivity index is 3.09. The highest BCUT2D eigenvalue weighted by Gasteiger charge is 2.17. The number of nitrogens with one attached hydrogen (secondary N) is 1. The Labute approximate surface area is 129 Å². The molecule has 1 heterocycles. The maximum atomic E-state index is 5.23. The highest BCUT2D eigenvalue weighted by atomic mass is 16.5. The quantitative estimate of drug-likeness (QED) is 0.838. The van der Waals surface area contributed by atoms with Gasteiger partial charge in [0.15, 0.2) is 0 Å². The van der Waals surface area contributed by atoms with E-state index < -0.39 is 0 Å². The van der Waals surface area contributed by atoms with Gasteiger partial charge in [-0.2, -0.15) is 0 Å². The summed E-state index contributed by atoms with van der Waals surface area (Å²) < 4.78 is 5.23. The second-order valence-corrected chi connectivity index (χ2v) is 6.56. The van der Waals surface area contributed by atoms with Crippen LogP contribution in [0.2, 0.25) is 0 Å². The average Bonchev–Trinajstić information content (AvgIpc) is 2.37. The van der Waals surface area contributed by atoms with Crippen LogP contribution >= 0.6 is 0 Å². The maximum absolute atomic E-state index is 5.23. The summed E-state index contributed by atoms with van der Waals surface area (Å²) >= 11 is 0. The van der Waals surface area contributed by atoms with E-state index in [1.54, 1.807) is 7.11 Å². The molecule has 0 saturated heterocycles. The second kappa shape index (κ2) is 7.76. The predicted octanol–water partition coefficient (Wildman–Crippen LogP) is 3.06. The molecule has 0 radical (unpaired) electrons. The third-order valence-electron chi connectivity index (χ3n) is 3.50. The van der Waals surface area contributed by atoms with Crippen LogP contribution in [-0.2, 0) is 11.3 Å². The summed E-state index contributed by atoms with van der Waals surface area (Å²) in [5.41, 5.74) is 3.74. The second-order valence-electron chi connectivity index (χ2n) is 6.56. The normalized spacial score (nSPS) is 11.8. The topological polar surface area (TPSA) is 37.4 Å². The molecule has 1 aromatic rings. The number of pyridine rings is 1. The lowest BCUT2D eigenvalue weighted by molar-refractivity contribution is 0.205. The van der Waals surface area contributed by atoms with Crippen molar-refractivity contribution in [2.45, 2.75) is 53.6 Å². The zero-order valence-electron chi connectivity index (χ0n) is 14.7. The molecule has 0 fully saturated rings. The minimum Gasteiger partial charge on any atom is -0.383 e. The zero-order valence-corrected chi connectivity index (χ0v) is 14.7. The van der Waals surface area contributed by atoms with Crippen LogP contribution < -0.4 is 10.2 Å². The number of ether oxygens (including phenoxy) is 1. The van der Waals surface area contributed by atoms with Crippen LogP contribution in [0.3, 0.4) is 0 Å². The Morgan fingerprint density at radius 1 is 1.29 bits per heavy atom. The van der Waals surface area contributed by atoms with Crippen molar-refractivity contribution in [3.05, 3.63) is 22.9 Å². The average molecular weight is 293 g/mol. The molecule has 1 rings (SSSR count). The van der Waals surface area contributed by atoms with Crippen molar-refractivity contribution < 1.29 is 4.74 Å². The molecule has 0 amide bonds. The van der Waals surface area contributed by atoms with Gasteiger partial charge in [0.25, 0.3) is 0 Å². The van der Waals surface area contributed by atoms with Crippen molar-refractivity contribution in [3.8, 4) is 0 Å². The summed E-state index contributed by atoms with van der Waals surface area (Å²) in [6.07, 6.45) is 0. The molecule has 21 heavy (non-hydrogen) atoms. The minimum atomic E-state index is 0.0954. The van der Waals surface area contributed by atoms with E-state index in [1.165, 1.54) is 11.1 Å². The highest BCUT2D eigenvalue weighted by Crippen LogP contribution is 2.23. The van der Waals surface area contributed by atoms with Gasteiger partial charge >= 0.3 is 0 Å². The van der Waals surface area contributed by atoms with Crippen LogP contribution in [0.4, 0.5) is 5.82 Å². The Morgan fingerprint density at radius 2 is 1.95 bits per heavy atom. The summed E-state index contributed by atoms with van der Waals surface area (Å²) in [6.45, 7) is 16.3. The minimum absolute atomic E-state index is 0.0954. The van der Waals surface area contributed by atoms with E-state index >= 15 is 0 Å². The highest BCUT2D eigenvalue weighted by molar-refractivity contribution is 5.51. The summed E-state index contributed by atoms with van der Waals surface area (Å²) in [4.78, 5) is 7.08. The third-order valence-corrected chi connectivity index (χ3v) is 3.50. The lowest BCUT2D eigenvalue weighted by atomic mass is 10.1. The molecule has 1 N–H and O–H groups in total. The van der Waals surface area contributed by atoms with E-state index in [2.05, 4.69) is 57.8 Å². The zero-order chi connectivity index (χ0) is 16.0. The summed E-state index contributed by atoms with van der Waals surface area (Å²) in [6, 6.07) is 2.16. The van der Waals surface area contributed by atoms with Gasteiger partial charge in [-0.25, -0.2) is 4.98 Å². The first-order chi connectivity index (χ1) is 9.78. The van der Waals surface area contributed by atoms with Crippen LogP contribution in [0.1, 0.15) is 44.5 Å². The molecule has 0 aliphatic heterocycles. The lowest BCUT2D eigenvalue weighted by Gasteiger charge is -2.28. The molecule has 1 aromatic heterocycles. The number of likely N-dealkylation sites (N-methyl/N-ethyl adjacent to an activating group) is 1. The van der Waals surface area contributed by atoms with Crippen LogP contribution in [0, 0.1) is 13.8 Å². The van der Waals surface area contributed by atoms with Crippen molar-refractivity contribution >= 4 is 5.82 Å². The van der Waals surface area contributed by atoms with E-state index in [0.29, 0.717) is 6.61 Å². The molecular weight excluding hydrogens is 262 g/mol. The van der Waals surface area contributed by atoms with Gasteiger partial charge in [0, 0.05) is 43.5 Å². The maximum Gasteiger partial charge on any atom is 0.133 e. The molecule has 0 aliphatic rings. The lowest BCUT2D eigenvalue weighted by Crippen LogP contribution is -2.36. The number of aromatic nitrogens is 1. The molecule has 0 bridgehead atoms. The van der Waals surface area contributed by atoms with Gasteiger partial charge in [-0.15, -0.1) is 0 Å². The molecule has 4 nitrogen and oxygen atoms in total. The van der Waals surface area contributed by atoms with Gasteiger partial charge < -0.3 is 15.0 Å². The third kappa shape index (κ3) is 5.64. The van der Waals surface area contributed by atoms with Crippen molar-refractivity contribution in [1.82, 2.24) is 10.3 Å². The fourth-order valence-electron chi connectivity index (χ4n) is 2.29. The van der Waals surface area contributed by atoms with Gasteiger partial charge in [0.1, 0.15) is 5.82 Å².